The van der Waals surface area contributed by atoms with Gasteiger partial charge in [-0.2, -0.15) is 0 Å². The Kier molecular flexibility index (Phi) is 62.7. The van der Waals surface area contributed by atoms with Gasteiger partial charge in [0.05, 0.1) is 65.4 Å². The third-order valence-electron chi connectivity index (χ3n) is 18.1. The van der Waals surface area contributed by atoms with Crippen molar-refractivity contribution in [2.75, 3.05) is 132 Å². The second-order valence-corrected chi connectivity index (χ2v) is 27.5. The molecule has 0 saturated carbocycles. The zero-order chi connectivity index (χ0) is 63.8. The highest BCUT2D eigenvalue weighted by molar-refractivity contribution is 5.82. The van der Waals surface area contributed by atoms with E-state index >= 15 is 0 Å². The minimum Gasteiger partial charge on any atom is -0.354 e. The van der Waals surface area contributed by atoms with E-state index < -0.39 is 0 Å². The third-order valence-corrected chi connectivity index (χ3v) is 18.1. The SMILES string of the molecule is CCCCCCCC/C=C\CCCCCCCC[N+](C)(CCCC[N+](C)(CCCCCCCC/C=C\CCCCCCCC)CC(C)CNC(=O)C(CCCNCCCN)NCCCCN)CC(C)CNC(=O)C(CCCNCCCN)NCCCN. The van der Waals surface area contributed by atoms with Gasteiger partial charge >= 0.3 is 0 Å². The molecule has 87 heavy (non-hydrogen) atoms. The Morgan fingerprint density at radius 2 is 0.644 bits per heavy atom. The molecule has 0 heterocycles. The number of nitrogens with two attached hydrogens (primary N) is 4. The van der Waals surface area contributed by atoms with E-state index in [4.69, 9.17) is 22.9 Å². The van der Waals surface area contributed by atoms with Crippen molar-refractivity contribution in [1.82, 2.24) is 31.9 Å². The third kappa shape index (κ3) is 56.5. The maximum atomic E-state index is 13.8. The van der Waals surface area contributed by atoms with Gasteiger partial charge in [-0.15, -0.1) is 0 Å². The normalized spacial score (nSPS) is 14.8. The Labute approximate surface area is 541 Å². The summed E-state index contributed by atoms with van der Waals surface area (Å²) < 4.78 is 2.11. The van der Waals surface area contributed by atoms with Crippen LogP contribution in [-0.2, 0) is 9.59 Å². The van der Waals surface area contributed by atoms with Crippen LogP contribution in [0.5, 0.6) is 0 Å². The smallest absolute Gasteiger partial charge is 0.237 e. The summed E-state index contributed by atoms with van der Waals surface area (Å²) in [6.07, 6.45) is 57.5. The summed E-state index contributed by atoms with van der Waals surface area (Å²) >= 11 is 0. The molecule has 0 rings (SSSR count). The Balaban J connectivity index is 5.94. The van der Waals surface area contributed by atoms with Gasteiger partial charge < -0.3 is 63.8 Å². The topological polar surface area (TPSA) is 210 Å². The Hall–Kier alpha value is -1.98. The van der Waals surface area contributed by atoms with Crippen LogP contribution in [0.3, 0.4) is 0 Å². The Bertz CT molecular complexity index is 1520. The molecule has 6 unspecified atom stereocenters. The van der Waals surface area contributed by atoms with E-state index in [0.717, 1.165) is 132 Å². The molecule has 0 radical (unpaired) electrons. The zero-order valence-electron chi connectivity index (χ0n) is 58.9. The molecule has 0 saturated heterocycles. The molecular formula is C73H154N12O2+2. The number of carbonyl (C=O) groups excluding carboxylic acids is 2. The Morgan fingerprint density at radius 3 is 0.989 bits per heavy atom. The molecule has 0 aliphatic rings. The minimum atomic E-state index is -0.208. The number of nitrogens with one attached hydrogen (secondary N) is 6. The highest BCUT2D eigenvalue weighted by atomic mass is 16.2. The minimum absolute atomic E-state index is 0.119. The van der Waals surface area contributed by atoms with Crippen LogP contribution in [0.1, 0.15) is 278 Å². The molecule has 0 fully saturated rings. The highest BCUT2D eigenvalue weighted by Gasteiger charge is 2.29. The van der Waals surface area contributed by atoms with Crippen LogP contribution in [0.25, 0.3) is 0 Å². The highest BCUT2D eigenvalue weighted by Crippen LogP contribution is 2.20. The van der Waals surface area contributed by atoms with Gasteiger partial charge in [0, 0.05) is 37.8 Å². The maximum absolute atomic E-state index is 13.8. The van der Waals surface area contributed by atoms with Crippen molar-refractivity contribution in [1.29, 1.82) is 0 Å². The summed E-state index contributed by atoms with van der Waals surface area (Å²) in [6, 6.07) is -0.401. The largest absolute Gasteiger partial charge is 0.354 e. The van der Waals surface area contributed by atoms with E-state index in [1.54, 1.807) is 0 Å². The summed E-state index contributed by atoms with van der Waals surface area (Å²) in [5.74, 6) is 0.972. The molecule has 516 valence electrons. The summed E-state index contributed by atoms with van der Waals surface area (Å²) in [4.78, 5) is 27.6. The molecule has 14 heteroatoms. The molecule has 14 N–H and O–H groups in total. The van der Waals surface area contributed by atoms with Gasteiger partial charge in [0.25, 0.3) is 0 Å². The molecule has 0 aliphatic heterocycles. The summed E-state index contributed by atoms with van der Waals surface area (Å²) in [5, 5.41) is 20.9. The fourth-order valence-electron chi connectivity index (χ4n) is 12.6. The average Bonchev–Trinajstić information content (AvgIpc) is 3.55. The van der Waals surface area contributed by atoms with Gasteiger partial charge in [-0.05, 0) is 200 Å². The van der Waals surface area contributed by atoms with Crippen LogP contribution in [0.2, 0.25) is 0 Å². The number of rotatable bonds is 70. The van der Waals surface area contributed by atoms with Crippen LogP contribution in [-0.4, -0.2) is 165 Å². The second kappa shape index (κ2) is 64.1. The lowest BCUT2D eigenvalue weighted by Crippen LogP contribution is -2.52. The molecule has 0 aromatic rings. The van der Waals surface area contributed by atoms with E-state index in [2.05, 4.69) is 98.0 Å². The summed E-state index contributed by atoms with van der Waals surface area (Å²) in [6.45, 7) is 25.4. The quantitative estimate of drug-likeness (QED) is 0.0158. The standard InChI is InChI=1S/C73H152N12O2/c1-7-9-11-13-15-17-19-21-23-25-27-29-31-33-35-39-60-84(5,66-68(3)64-82-72(86)70(80-58-38-37-50-74)48-43-54-78-56-45-51-75)62-41-42-63-85(6,61-40-36-34-32-30-28-26-24-22-20-18-16-14-12-10-8-2)67-69(4)65-83-73(87)71(81-59-47-53-77)49-44-55-79-57-46-52-76/h21-24,68-71,78-81H,7-20,25-67,74-77H2,1-6H3/p+2/b23-21-,24-22-. The number of unbranched alkanes of at least 4 members (excludes halogenated alkanes) is 26. The van der Waals surface area contributed by atoms with Gasteiger partial charge in [0.1, 0.15) is 0 Å². The molecular weight excluding hydrogens is 1080 g/mol. The van der Waals surface area contributed by atoms with Crippen LogP contribution in [0.15, 0.2) is 24.3 Å². The molecule has 0 aliphatic carbocycles. The van der Waals surface area contributed by atoms with Crippen molar-refractivity contribution in [3.05, 3.63) is 24.3 Å². The average molecular weight is 1230 g/mol. The van der Waals surface area contributed by atoms with Gasteiger partial charge in [-0.3, -0.25) is 9.59 Å². The van der Waals surface area contributed by atoms with E-state index in [0.29, 0.717) is 51.1 Å². The van der Waals surface area contributed by atoms with Crippen LogP contribution in [0.4, 0.5) is 0 Å². The van der Waals surface area contributed by atoms with Gasteiger partial charge in [0.15, 0.2) is 0 Å². The summed E-state index contributed by atoms with van der Waals surface area (Å²) in [7, 11) is 5.02. The monoisotopic (exact) mass is 1230 g/mol. The van der Waals surface area contributed by atoms with E-state index in [1.807, 2.05) is 0 Å². The molecule has 2 amide bonds. The van der Waals surface area contributed by atoms with Crippen molar-refractivity contribution < 1.29 is 18.6 Å². The molecule has 0 bridgehead atoms. The van der Waals surface area contributed by atoms with Crippen LogP contribution >= 0.6 is 0 Å². The first kappa shape index (κ1) is 85.0. The number of nitrogens with zero attached hydrogens (tertiary/aromatic N) is 2. The number of allylic oxidation sites excluding steroid dienone is 4. The molecule has 0 spiro atoms. The number of hydrogen-bond acceptors (Lipinski definition) is 10. The van der Waals surface area contributed by atoms with Crippen molar-refractivity contribution in [3.8, 4) is 0 Å². The Morgan fingerprint density at radius 1 is 0.356 bits per heavy atom. The fourth-order valence-corrected chi connectivity index (χ4v) is 12.6. The predicted octanol–water partition coefficient (Wildman–Crippen LogP) is 12.7. The number of amides is 2. The van der Waals surface area contributed by atoms with Crippen molar-refractivity contribution in [3.63, 3.8) is 0 Å². The van der Waals surface area contributed by atoms with Gasteiger partial charge in [-0.25, -0.2) is 0 Å². The van der Waals surface area contributed by atoms with Gasteiger partial charge in [-0.1, -0.05) is 155 Å². The van der Waals surface area contributed by atoms with E-state index in [-0.39, 0.29) is 23.9 Å². The molecule has 0 aromatic heterocycles. The molecule has 14 nitrogen and oxygen atoms in total. The lowest BCUT2D eigenvalue weighted by Gasteiger charge is -2.39. The first-order chi connectivity index (χ1) is 42.4. The van der Waals surface area contributed by atoms with Crippen LogP contribution in [0, 0.1) is 11.8 Å². The van der Waals surface area contributed by atoms with Gasteiger partial charge in [0.2, 0.25) is 11.8 Å². The van der Waals surface area contributed by atoms with Crippen molar-refractivity contribution in [2.24, 2.45) is 34.8 Å². The first-order valence-electron chi connectivity index (χ1n) is 37.6. The maximum Gasteiger partial charge on any atom is 0.237 e. The van der Waals surface area contributed by atoms with E-state index in [9.17, 15) is 9.59 Å². The number of hydrogen-bond donors (Lipinski definition) is 10. The second-order valence-electron chi connectivity index (χ2n) is 27.5. The zero-order valence-corrected chi connectivity index (χ0v) is 58.9. The van der Waals surface area contributed by atoms with Crippen molar-refractivity contribution in [2.45, 2.75) is 290 Å². The lowest BCUT2D eigenvalue weighted by molar-refractivity contribution is -0.918. The predicted molar refractivity (Wildman–Crippen MR) is 381 cm³/mol. The summed E-state index contributed by atoms with van der Waals surface area (Å²) in [5.41, 5.74) is 23.1. The van der Waals surface area contributed by atoms with E-state index in [1.165, 1.54) is 206 Å². The van der Waals surface area contributed by atoms with Crippen molar-refractivity contribution >= 4 is 11.8 Å². The molecule has 6 atom stereocenters. The lowest BCUT2D eigenvalue weighted by atomic mass is 10.0. The fraction of sp³-hybridized carbons (Fsp3) is 0.918. The number of carbonyl (C=O) groups is 2. The first-order valence-corrected chi connectivity index (χ1v) is 37.6. The van der Waals surface area contributed by atoms with Crippen LogP contribution < -0.4 is 54.8 Å². The molecule has 0 aromatic carbocycles. The number of quaternary nitrogens is 2.